The maximum atomic E-state index is 5.81. The van der Waals surface area contributed by atoms with Crippen LogP contribution in [0.3, 0.4) is 0 Å². The second-order valence-electron chi connectivity index (χ2n) is 4.60. The summed E-state index contributed by atoms with van der Waals surface area (Å²) in [6.45, 7) is 4.74. The van der Waals surface area contributed by atoms with Crippen LogP contribution in [0.1, 0.15) is 24.5 Å². The van der Waals surface area contributed by atoms with E-state index in [4.69, 9.17) is 4.74 Å². The summed E-state index contributed by atoms with van der Waals surface area (Å²) >= 11 is 0. The van der Waals surface area contributed by atoms with Gasteiger partial charge in [0.1, 0.15) is 12.4 Å². The number of nitrogens with one attached hydrogen (secondary N) is 1. The van der Waals surface area contributed by atoms with E-state index in [-0.39, 0.29) is 12.4 Å². The summed E-state index contributed by atoms with van der Waals surface area (Å²) in [7, 11) is 0. The smallest absolute Gasteiger partial charge is 0.120 e. The predicted molar refractivity (Wildman–Crippen MR) is 86.5 cm³/mol. The quantitative estimate of drug-likeness (QED) is 0.773. The molecular weight excluding hydrogens is 270 g/mol. The molecular formula is C17H22ClNO. The number of benzene rings is 2. The standard InChI is InChI=1S/C17H21NO.ClH/c1-2-11-18-13-16-9-6-10-17(12-16)19-14-15-7-4-3-5-8-15;/h3-10,12,18H,2,11,13-14H2,1H3;1H. The fourth-order valence-electron chi connectivity index (χ4n) is 1.90. The summed E-state index contributed by atoms with van der Waals surface area (Å²) in [5.41, 5.74) is 2.45. The molecule has 0 heterocycles. The van der Waals surface area contributed by atoms with E-state index in [1.54, 1.807) is 0 Å². The number of hydrogen-bond acceptors (Lipinski definition) is 2. The molecule has 0 aliphatic carbocycles. The molecule has 0 atom stereocenters. The highest BCUT2D eigenvalue weighted by atomic mass is 35.5. The lowest BCUT2D eigenvalue weighted by Crippen LogP contribution is -2.13. The van der Waals surface area contributed by atoms with Crippen molar-refractivity contribution < 1.29 is 4.74 Å². The number of hydrogen-bond donors (Lipinski definition) is 1. The topological polar surface area (TPSA) is 21.3 Å². The number of rotatable bonds is 7. The summed E-state index contributed by atoms with van der Waals surface area (Å²) < 4.78 is 5.81. The van der Waals surface area contributed by atoms with Gasteiger partial charge in [-0.05, 0) is 36.2 Å². The Labute approximate surface area is 127 Å². The molecule has 2 aromatic carbocycles. The van der Waals surface area contributed by atoms with E-state index in [9.17, 15) is 0 Å². The third-order valence-electron chi connectivity index (χ3n) is 2.90. The zero-order valence-electron chi connectivity index (χ0n) is 11.8. The van der Waals surface area contributed by atoms with Crippen LogP contribution < -0.4 is 10.1 Å². The van der Waals surface area contributed by atoms with Gasteiger partial charge < -0.3 is 10.1 Å². The van der Waals surface area contributed by atoms with E-state index in [2.05, 4.69) is 36.5 Å². The zero-order chi connectivity index (χ0) is 13.3. The molecule has 0 aliphatic heterocycles. The van der Waals surface area contributed by atoms with Crippen LogP contribution in [-0.4, -0.2) is 6.54 Å². The first-order valence-electron chi connectivity index (χ1n) is 6.85. The van der Waals surface area contributed by atoms with Gasteiger partial charge in [0.05, 0.1) is 0 Å². The van der Waals surface area contributed by atoms with Crippen LogP contribution in [0, 0.1) is 0 Å². The van der Waals surface area contributed by atoms with Crippen molar-refractivity contribution in [3.8, 4) is 5.75 Å². The normalized spacial score (nSPS) is 9.85. The largest absolute Gasteiger partial charge is 0.489 e. The molecule has 3 heteroatoms. The monoisotopic (exact) mass is 291 g/mol. The van der Waals surface area contributed by atoms with Crippen LogP contribution in [0.15, 0.2) is 54.6 Å². The fraction of sp³-hybridized carbons (Fsp3) is 0.294. The molecule has 0 spiro atoms. The number of ether oxygens (including phenoxy) is 1. The molecule has 20 heavy (non-hydrogen) atoms. The molecule has 0 amide bonds. The van der Waals surface area contributed by atoms with E-state index < -0.39 is 0 Å². The lowest BCUT2D eigenvalue weighted by Gasteiger charge is -2.08. The van der Waals surface area contributed by atoms with Gasteiger partial charge in [-0.25, -0.2) is 0 Å². The number of halogens is 1. The Bertz CT molecular complexity index is 487. The van der Waals surface area contributed by atoms with Gasteiger partial charge in [-0.3, -0.25) is 0 Å². The molecule has 2 rings (SSSR count). The van der Waals surface area contributed by atoms with E-state index in [0.29, 0.717) is 6.61 Å². The van der Waals surface area contributed by atoms with Crippen LogP contribution >= 0.6 is 12.4 Å². The van der Waals surface area contributed by atoms with E-state index in [1.807, 2.05) is 30.3 Å². The average molecular weight is 292 g/mol. The molecule has 2 aromatic rings. The summed E-state index contributed by atoms with van der Waals surface area (Å²) in [4.78, 5) is 0. The Kier molecular flexibility index (Phi) is 7.78. The first-order valence-corrected chi connectivity index (χ1v) is 6.85. The second-order valence-corrected chi connectivity index (χ2v) is 4.60. The molecule has 108 valence electrons. The highest BCUT2D eigenvalue weighted by Crippen LogP contribution is 2.15. The molecule has 0 radical (unpaired) electrons. The van der Waals surface area contributed by atoms with E-state index in [0.717, 1.165) is 25.3 Å². The van der Waals surface area contributed by atoms with Crippen molar-refractivity contribution in [1.82, 2.24) is 5.32 Å². The van der Waals surface area contributed by atoms with Crippen LogP contribution in [-0.2, 0) is 13.2 Å². The van der Waals surface area contributed by atoms with Gasteiger partial charge in [-0.15, -0.1) is 12.4 Å². The Balaban J connectivity index is 0.00000200. The highest BCUT2D eigenvalue weighted by molar-refractivity contribution is 5.85. The van der Waals surface area contributed by atoms with Gasteiger partial charge in [0.25, 0.3) is 0 Å². The second kappa shape index (κ2) is 9.40. The first kappa shape index (κ1) is 16.5. The van der Waals surface area contributed by atoms with E-state index in [1.165, 1.54) is 11.1 Å². The minimum absolute atomic E-state index is 0. The van der Waals surface area contributed by atoms with Crippen molar-refractivity contribution in [3.05, 3.63) is 65.7 Å². The third kappa shape index (κ3) is 5.64. The van der Waals surface area contributed by atoms with Gasteiger partial charge in [0, 0.05) is 6.54 Å². The maximum Gasteiger partial charge on any atom is 0.120 e. The first-order chi connectivity index (χ1) is 9.38. The van der Waals surface area contributed by atoms with Crippen molar-refractivity contribution in [2.75, 3.05) is 6.54 Å². The minimum Gasteiger partial charge on any atom is -0.489 e. The zero-order valence-corrected chi connectivity index (χ0v) is 12.7. The Morgan fingerprint density at radius 2 is 1.70 bits per heavy atom. The van der Waals surface area contributed by atoms with Crippen molar-refractivity contribution >= 4 is 12.4 Å². The van der Waals surface area contributed by atoms with E-state index >= 15 is 0 Å². The van der Waals surface area contributed by atoms with Crippen molar-refractivity contribution in [1.29, 1.82) is 0 Å². The van der Waals surface area contributed by atoms with Gasteiger partial charge in [0.15, 0.2) is 0 Å². The average Bonchev–Trinajstić information content (AvgIpc) is 2.47. The molecule has 0 saturated carbocycles. The highest BCUT2D eigenvalue weighted by Gasteiger charge is 1.98. The predicted octanol–water partition coefficient (Wildman–Crippen LogP) is 4.19. The summed E-state index contributed by atoms with van der Waals surface area (Å²) in [5.74, 6) is 0.930. The SMILES string of the molecule is CCCNCc1cccc(OCc2ccccc2)c1.Cl. The summed E-state index contributed by atoms with van der Waals surface area (Å²) in [6, 6.07) is 18.5. The Morgan fingerprint density at radius 3 is 2.45 bits per heavy atom. The molecule has 0 bridgehead atoms. The lowest BCUT2D eigenvalue weighted by molar-refractivity contribution is 0.306. The molecule has 0 aliphatic rings. The molecule has 2 nitrogen and oxygen atoms in total. The fourth-order valence-corrected chi connectivity index (χ4v) is 1.90. The minimum atomic E-state index is 0. The molecule has 1 N–H and O–H groups in total. The van der Waals surface area contributed by atoms with Crippen LogP contribution in [0.4, 0.5) is 0 Å². The summed E-state index contributed by atoms with van der Waals surface area (Å²) in [6.07, 6.45) is 1.16. The molecule has 0 fully saturated rings. The lowest BCUT2D eigenvalue weighted by atomic mass is 10.2. The van der Waals surface area contributed by atoms with Gasteiger partial charge in [-0.2, -0.15) is 0 Å². The maximum absolute atomic E-state index is 5.81. The molecule has 0 aromatic heterocycles. The van der Waals surface area contributed by atoms with Crippen LogP contribution in [0.2, 0.25) is 0 Å². The van der Waals surface area contributed by atoms with Crippen molar-refractivity contribution in [3.63, 3.8) is 0 Å². The van der Waals surface area contributed by atoms with Gasteiger partial charge in [0.2, 0.25) is 0 Å². The van der Waals surface area contributed by atoms with Crippen LogP contribution in [0.25, 0.3) is 0 Å². The van der Waals surface area contributed by atoms with Gasteiger partial charge in [-0.1, -0.05) is 49.4 Å². The Morgan fingerprint density at radius 1 is 0.950 bits per heavy atom. The van der Waals surface area contributed by atoms with Gasteiger partial charge >= 0.3 is 0 Å². The van der Waals surface area contributed by atoms with Crippen molar-refractivity contribution in [2.24, 2.45) is 0 Å². The van der Waals surface area contributed by atoms with Crippen LogP contribution in [0.5, 0.6) is 5.75 Å². The Hall–Kier alpha value is -1.51. The summed E-state index contributed by atoms with van der Waals surface area (Å²) in [5, 5.41) is 3.40. The van der Waals surface area contributed by atoms with Crippen molar-refractivity contribution in [2.45, 2.75) is 26.5 Å². The molecule has 0 saturated heterocycles. The third-order valence-corrected chi connectivity index (χ3v) is 2.90. The molecule has 0 unspecified atom stereocenters.